The molecule has 0 saturated carbocycles. The second kappa shape index (κ2) is 12.3. The molecule has 7 nitrogen and oxygen atoms in total. The van der Waals surface area contributed by atoms with Crippen LogP contribution in [0.1, 0.15) is 25.8 Å². The molecule has 1 atom stereocenters. The molecule has 0 unspecified atom stereocenters. The fraction of sp³-hybridized carbons (Fsp3) is 0.364. The molecule has 0 aliphatic rings. The van der Waals surface area contributed by atoms with E-state index in [2.05, 4.69) is 5.32 Å². The van der Waals surface area contributed by atoms with E-state index in [1.807, 2.05) is 6.92 Å². The van der Waals surface area contributed by atoms with Crippen LogP contribution in [0, 0.1) is 0 Å². The standard InChI is InChI=1S/C22H25Cl4N3O4S/c1-4-10-27-22(31)14(2)28(12-16-17(23)6-5-7-18(16)24)21(30)13-29(34(3,32)33)15-8-9-19(25)20(26)11-15/h5-9,11,14H,4,10,12-13H2,1-3H3,(H,27,31)/t14-/m1/s1. The van der Waals surface area contributed by atoms with E-state index in [-0.39, 0.29) is 28.2 Å². The average molecular weight is 569 g/mol. The fourth-order valence-corrected chi connectivity index (χ4v) is 4.74. The average Bonchev–Trinajstić information content (AvgIpc) is 2.76. The molecular formula is C22H25Cl4N3O4S. The van der Waals surface area contributed by atoms with E-state index in [1.165, 1.54) is 23.1 Å². The van der Waals surface area contributed by atoms with Crippen LogP contribution in [0.3, 0.4) is 0 Å². The maximum absolute atomic E-state index is 13.5. The predicted octanol–water partition coefficient (Wildman–Crippen LogP) is 5.01. The molecule has 0 bridgehead atoms. The van der Waals surface area contributed by atoms with Gasteiger partial charge in [-0.15, -0.1) is 0 Å². The van der Waals surface area contributed by atoms with Crippen molar-refractivity contribution >= 4 is 73.9 Å². The van der Waals surface area contributed by atoms with Gasteiger partial charge in [0.1, 0.15) is 12.6 Å². The van der Waals surface area contributed by atoms with Gasteiger partial charge < -0.3 is 10.2 Å². The van der Waals surface area contributed by atoms with Gasteiger partial charge in [0, 0.05) is 28.7 Å². The summed E-state index contributed by atoms with van der Waals surface area (Å²) in [6, 6.07) is 8.19. The monoisotopic (exact) mass is 567 g/mol. The normalized spacial score (nSPS) is 12.2. The largest absolute Gasteiger partial charge is 0.354 e. The minimum absolute atomic E-state index is 0.100. The van der Waals surface area contributed by atoms with E-state index in [9.17, 15) is 18.0 Å². The van der Waals surface area contributed by atoms with Crippen LogP contribution in [0.15, 0.2) is 36.4 Å². The van der Waals surface area contributed by atoms with E-state index in [0.717, 1.165) is 10.6 Å². The van der Waals surface area contributed by atoms with Crippen molar-refractivity contribution in [2.75, 3.05) is 23.7 Å². The number of carbonyl (C=O) groups is 2. The molecule has 2 rings (SSSR count). The number of anilines is 1. The molecule has 34 heavy (non-hydrogen) atoms. The summed E-state index contributed by atoms with van der Waals surface area (Å²) < 4.78 is 26.0. The van der Waals surface area contributed by atoms with Gasteiger partial charge in [0.05, 0.1) is 22.0 Å². The molecule has 2 aromatic carbocycles. The van der Waals surface area contributed by atoms with Crippen molar-refractivity contribution in [1.29, 1.82) is 0 Å². The third-order valence-electron chi connectivity index (χ3n) is 4.98. The van der Waals surface area contributed by atoms with E-state index in [1.54, 1.807) is 25.1 Å². The number of carbonyl (C=O) groups excluding carboxylic acids is 2. The van der Waals surface area contributed by atoms with Gasteiger partial charge in [-0.3, -0.25) is 13.9 Å². The third-order valence-corrected chi connectivity index (χ3v) is 7.56. The zero-order chi connectivity index (χ0) is 25.6. The molecule has 12 heteroatoms. The highest BCUT2D eigenvalue weighted by Gasteiger charge is 2.31. The lowest BCUT2D eigenvalue weighted by Gasteiger charge is -2.32. The van der Waals surface area contributed by atoms with E-state index >= 15 is 0 Å². The van der Waals surface area contributed by atoms with Crippen LogP contribution in [-0.2, 0) is 26.2 Å². The lowest BCUT2D eigenvalue weighted by Crippen LogP contribution is -2.51. The Bertz CT molecular complexity index is 1140. The zero-order valence-corrected chi connectivity index (χ0v) is 22.7. The summed E-state index contributed by atoms with van der Waals surface area (Å²) in [5.41, 5.74) is 0.596. The highest BCUT2D eigenvalue weighted by molar-refractivity contribution is 7.92. The van der Waals surface area contributed by atoms with E-state index < -0.39 is 28.5 Å². The van der Waals surface area contributed by atoms with Gasteiger partial charge in [-0.1, -0.05) is 59.4 Å². The zero-order valence-electron chi connectivity index (χ0n) is 18.8. The second-order valence-electron chi connectivity index (χ2n) is 7.56. The van der Waals surface area contributed by atoms with Crippen LogP contribution in [0.4, 0.5) is 5.69 Å². The van der Waals surface area contributed by atoms with Gasteiger partial charge in [-0.05, 0) is 43.7 Å². The molecule has 0 radical (unpaired) electrons. The van der Waals surface area contributed by atoms with E-state index in [0.29, 0.717) is 28.6 Å². The van der Waals surface area contributed by atoms with Crippen LogP contribution in [0.25, 0.3) is 0 Å². The van der Waals surface area contributed by atoms with Gasteiger partial charge >= 0.3 is 0 Å². The Kier molecular flexibility index (Phi) is 10.3. The number of hydrogen-bond donors (Lipinski definition) is 1. The molecule has 2 aromatic rings. The van der Waals surface area contributed by atoms with Crippen LogP contribution in [0.5, 0.6) is 0 Å². The Morgan fingerprint density at radius 2 is 1.62 bits per heavy atom. The Balaban J connectivity index is 2.45. The van der Waals surface area contributed by atoms with Crippen molar-refractivity contribution in [1.82, 2.24) is 10.2 Å². The lowest BCUT2D eigenvalue weighted by molar-refractivity contribution is -0.139. The molecule has 0 saturated heterocycles. The third kappa shape index (κ3) is 7.39. The summed E-state index contributed by atoms with van der Waals surface area (Å²) in [5.74, 6) is -1.02. The first-order valence-electron chi connectivity index (χ1n) is 10.3. The van der Waals surface area contributed by atoms with Crippen molar-refractivity contribution in [3.8, 4) is 0 Å². The number of sulfonamides is 1. The number of benzene rings is 2. The second-order valence-corrected chi connectivity index (χ2v) is 11.1. The van der Waals surface area contributed by atoms with Gasteiger partial charge in [0.15, 0.2) is 0 Å². The number of halogens is 4. The summed E-state index contributed by atoms with van der Waals surface area (Å²) in [6.45, 7) is 3.20. The topological polar surface area (TPSA) is 86.8 Å². The number of amides is 2. The maximum atomic E-state index is 13.5. The number of nitrogens with one attached hydrogen (secondary N) is 1. The molecule has 186 valence electrons. The van der Waals surface area contributed by atoms with Crippen molar-refractivity contribution in [2.24, 2.45) is 0 Å². The molecule has 0 aromatic heterocycles. The Morgan fingerprint density at radius 1 is 1.00 bits per heavy atom. The summed E-state index contributed by atoms with van der Waals surface area (Å²) in [6.07, 6.45) is 1.68. The Labute approximate surface area is 220 Å². The van der Waals surface area contributed by atoms with Gasteiger partial charge in [-0.2, -0.15) is 0 Å². The summed E-state index contributed by atoms with van der Waals surface area (Å²) in [7, 11) is -3.89. The highest BCUT2D eigenvalue weighted by Crippen LogP contribution is 2.30. The van der Waals surface area contributed by atoms with Crippen LogP contribution >= 0.6 is 46.4 Å². The quantitative estimate of drug-likeness (QED) is 0.436. The first-order valence-corrected chi connectivity index (χ1v) is 13.7. The van der Waals surface area contributed by atoms with Crippen LogP contribution in [0.2, 0.25) is 20.1 Å². The number of rotatable bonds is 10. The SMILES string of the molecule is CCCNC(=O)[C@@H](C)N(Cc1c(Cl)cccc1Cl)C(=O)CN(c1ccc(Cl)c(Cl)c1)S(C)(=O)=O. The minimum atomic E-state index is -3.89. The smallest absolute Gasteiger partial charge is 0.244 e. The van der Waals surface area contributed by atoms with Crippen molar-refractivity contribution in [2.45, 2.75) is 32.9 Å². The maximum Gasteiger partial charge on any atom is 0.244 e. The molecule has 0 fully saturated rings. The molecule has 0 heterocycles. The molecule has 2 amide bonds. The lowest BCUT2D eigenvalue weighted by atomic mass is 10.1. The van der Waals surface area contributed by atoms with E-state index in [4.69, 9.17) is 46.4 Å². The Hall–Kier alpha value is -1.71. The first-order chi connectivity index (χ1) is 15.9. The molecule has 0 aliphatic carbocycles. The summed E-state index contributed by atoms with van der Waals surface area (Å²) in [5, 5.41) is 3.75. The number of hydrogen-bond acceptors (Lipinski definition) is 4. The molecular weight excluding hydrogens is 544 g/mol. The molecule has 0 spiro atoms. The Morgan fingerprint density at radius 3 is 2.15 bits per heavy atom. The van der Waals surface area contributed by atoms with Crippen LogP contribution < -0.4 is 9.62 Å². The molecule has 0 aliphatic heterocycles. The van der Waals surface area contributed by atoms with Gasteiger partial charge in [0.2, 0.25) is 21.8 Å². The fourth-order valence-electron chi connectivity index (χ4n) is 3.09. The summed E-state index contributed by atoms with van der Waals surface area (Å²) in [4.78, 5) is 27.4. The first kappa shape index (κ1) is 28.5. The van der Waals surface area contributed by atoms with Gasteiger partial charge in [0.25, 0.3) is 0 Å². The van der Waals surface area contributed by atoms with Crippen molar-refractivity contribution < 1.29 is 18.0 Å². The number of nitrogens with zero attached hydrogens (tertiary/aromatic N) is 2. The molecule has 1 N–H and O–H groups in total. The minimum Gasteiger partial charge on any atom is -0.354 e. The predicted molar refractivity (Wildman–Crippen MR) is 138 cm³/mol. The highest BCUT2D eigenvalue weighted by atomic mass is 35.5. The van der Waals surface area contributed by atoms with Crippen LogP contribution in [-0.4, -0.2) is 50.5 Å². The van der Waals surface area contributed by atoms with Crippen molar-refractivity contribution in [3.63, 3.8) is 0 Å². The van der Waals surface area contributed by atoms with Crippen molar-refractivity contribution in [3.05, 3.63) is 62.1 Å². The van der Waals surface area contributed by atoms with Gasteiger partial charge in [-0.25, -0.2) is 8.42 Å². The summed E-state index contributed by atoms with van der Waals surface area (Å²) >= 11 is 24.6.